The summed E-state index contributed by atoms with van der Waals surface area (Å²) in [6, 6.07) is 8.08. The third kappa shape index (κ3) is 4.88. The Balaban J connectivity index is 1.72. The second kappa shape index (κ2) is 7.56. The van der Waals surface area contributed by atoms with Gasteiger partial charge in [0.15, 0.2) is 0 Å². The molecule has 1 aromatic rings. The van der Waals surface area contributed by atoms with Crippen molar-refractivity contribution in [2.75, 3.05) is 11.5 Å². The zero-order valence-electron chi connectivity index (χ0n) is 11.2. The van der Waals surface area contributed by atoms with Crippen LogP contribution in [-0.4, -0.2) is 17.4 Å². The van der Waals surface area contributed by atoms with Gasteiger partial charge in [0.25, 0.3) is 0 Å². The minimum Gasteiger partial charge on any atom is -0.352 e. The summed E-state index contributed by atoms with van der Waals surface area (Å²) in [4.78, 5) is 11.9. The molecule has 1 aliphatic rings. The number of thioether (sulfide) groups is 1. The third-order valence-electron chi connectivity index (χ3n) is 3.56. The first-order chi connectivity index (χ1) is 9.28. The second-order valence-corrected chi connectivity index (χ2v) is 6.28. The van der Waals surface area contributed by atoms with Gasteiger partial charge in [-0.05, 0) is 41.4 Å². The average molecular weight is 278 g/mol. The Morgan fingerprint density at radius 2 is 1.84 bits per heavy atom. The van der Waals surface area contributed by atoms with Crippen molar-refractivity contribution in [1.29, 1.82) is 0 Å². The van der Waals surface area contributed by atoms with Crippen molar-refractivity contribution in [2.45, 2.75) is 32.4 Å². The normalized spacial score (nSPS) is 16.3. The van der Waals surface area contributed by atoms with Gasteiger partial charge in [-0.3, -0.25) is 4.79 Å². The van der Waals surface area contributed by atoms with Gasteiger partial charge in [-0.15, -0.1) is 0 Å². The van der Waals surface area contributed by atoms with Crippen LogP contribution in [0.25, 0.3) is 0 Å². The number of rotatable bonds is 5. The standard InChI is InChI=1S/C15H22N2OS/c16-10-13-1-3-14(4-2-13)11-17-15(18)9-12-5-7-19-8-6-12/h1-4,12H,5-11,16H2,(H,17,18). The number of nitrogens with two attached hydrogens (primary N) is 1. The Bertz CT molecular complexity index is 399. The number of hydrogen-bond acceptors (Lipinski definition) is 3. The van der Waals surface area contributed by atoms with E-state index in [-0.39, 0.29) is 5.91 Å². The molecule has 3 N–H and O–H groups in total. The van der Waals surface area contributed by atoms with Crippen LogP contribution in [0.15, 0.2) is 24.3 Å². The molecule has 1 fully saturated rings. The highest BCUT2D eigenvalue weighted by Gasteiger charge is 2.16. The van der Waals surface area contributed by atoms with Crippen LogP contribution in [0.4, 0.5) is 0 Å². The molecule has 4 heteroatoms. The van der Waals surface area contributed by atoms with Crippen molar-refractivity contribution in [3.63, 3.8) is 0 Å². The molecule has 3 nitrogen and oxygen atoms in total. The number of hydrogen-bond donors (Lipinski definition) is 2. The summed E-state index contributed by atoms with van der Waals surface area (Å²) in [6.45, 7) is 1.18. The molecular weight excluding hydrogens is 256 g/mol. The van der Waals surface area contributed by atoms with Gasteiger partial charge in [0.05, 0.1) is 0 Å². The predicted molar refractivity (Wildman–Crippen MR) is 80.8 cm³/mol. The molecule has 19 heavy (non-hydrogen) atoms. The second-order valence-electron chi connectivity index (χ2n) is 5.06. The fourth-order valence-corrected chi connectivity index (χ4v) is 3.48. The van der Waals surface area contributed by atoms with Crippen molar-refractivity contribution in [3.8, 4) is 0 Å². The summed E-state index contributed by atoms with van der Waals surface area (Å²) >= 11 is 2.00. The van der Waals surface area contributed by atoms with E-state index in [2.05, 4.69) is 5.32 Å². The van der Waals surface area contributed by atoms with Gasteiger partial charge >= 0.3 is 0 Å². The number of nitrogens with one attached hydrogen (secondary N) is 1. The first-order valence-corrected chi connectivity index (χ1v) is 8.05. The van der Waals surface area contributed by atoms with Gasteiger partial charge < -0.3 is 11.1 Å². The Morgan fingerprint density at radius 3 is 2.47 bits per heavy atom. The minimum absolute atomic E-state index is 0.180. The van der Waals surface area contributed by atoms with E-state index in [4.69, 9.17) is 5.73 Å². The molecule has 0 bridgehead atoms. The van der Waals surface area contributed by atoms with Crippen molar-refractivity contribution in [2.24, 2.45) is 11.7 Å². The number of carbonyl (C=O) groups is 1. The smallest absolute Gasteiger partial charge is 0.220 e. The van der Waals surface area contributed by atoms with Gasteiger partial charge in [0.2, 0.25) is 5.91 Å². The Kier molecular flexibility index (Phi) is 5.73. The molecule has 0 atom stereocenters. The van der Waals surface area contributed by atoms with Crippen LogP contribution in [-0.2, 0) is 17.9 Å². The van der Waals surface area contributed by atoms with E-state index in [1.165, 1.54) is 24.3 Å². The molecule has 0 aliphatic carbocycles. The van der Waals surface area contributed by atoms with E-state index in [1.54, 1.807) is 0 Å². The van der Waals surface area contributed by atoms with Crippen LogP contribution < -0.4 is 11.1 Å². The van der Waals surface area contributed by atoms with Crippen molar-refractivity contribution in [3.05, 3.63) is 35.4 Å². The van der Waals surface area contributed by atoms with Gasteiger partial charge in [-0.2, -0.15) is 11.8 Å². The lowest BCUT2D eigenvalue weighted by atomic mass is 9.98. The van der Waals surface area contributed by atoms with E-state index < -0.39 is 0 Å². The summed E-state index contributed by atoms with van der Waals surface area (Å²) in [5, 5.41) is 3.01. The fourth-order valence-electron chi connectivity index (χ4n) is 2.28. The molecule has 0 spiro atoms. The Morgan fingerprint density at radius 1 is 1.21 bits per heavy atom. The molecule has 104 valence electrons. The monoisotopic (exact) mass is 278 g/mol. The number of carbonyl (C=O) groups excluding carboxylic acids is 1. The van der Waals surface area contributed by atoms with Crippen molar-refractivity contribution in [1.82, 2.24) is 5.32 Å². The van der Waals surface area contributed by atoms with Crippen LogP contribution in [0, 0.1) is 5.92 Å². The summed E-state index contributed by atoms with van der Waals surface area (Å²) in [5.74, 6) is 3.18. The molecule has 1 saturated heterocycles. The highest BCUT2D eigenvalue weighted by molar-refractivity contribution is 7.99. The average Bonchev–Trinajstić information content (AvgIpc) is 2.47. The molecule has 1 aromatic carbocycles. The van der Waals surface area contributed by atoms with Crippen LogP contribution in [0.5, 0.6) is 0 Å². The van der Waals surface area contributed by atoms with E-state index in [1.807, 2.05) is 36.0 Å². The molecule has 0 radical (unpaired) electrons. The topological polar surface area (TPSA) is 55.1 Å². The first kappa shape index (κ1) is 14.4. The van der Waals surface area contributed by atoms with Crippen LogP contribution in [0.2, 0.25) is 0 Å². The Hall–Kier alpha value is -1.00. The van der Waals surface area contributed by atoms with Crippen molar-refractivity contribution >= 4 is 17.7 Å². The lowest BCUT2D eigenvalue weighted by Gasteiger charge is -2.20. The van der Waals surface area contributed by atoms with E-state index in [0.29, 0.717) is 25.4 Å². The summed E-state index contributed by atoms with van der Waals surface area (Å²) in [5.41, 5.74) is 7.80. The van der Waals surface area contributed by atoms with Gasteiger partial charge in [-0.25, -0.2) is 0 Å². The molecule has 2 rings (SSSR count). The summed E-state index contributed by atoms with van der Waals surface area (Å²) in [7, 11) is 0. The maximum absolute atomic E-state index is 11.9. The van der Waals surface area contributed by atoms with E-state index in [9.17, 15) is 4.79 Å². The zero-order chi connectivity index (χ0) is 13.5. The maximum Gasteiger partial charge on any atom is 0.220 e. The summed E-state index contributed by atoms with van der Waals surface area (Å²) < 4.78 is 0. The molecule has 0 saturated carbocycles. The first-order valence-electron chi connectivity index (χ1n) is 6.90. The van der Waals surface area contributed by atoms with Gasteiger partial charge in [-0.1, -0.05) is 24.3 Å². The van der Waals surface area contributed by atoms with Crippen LogP contribution in [0.3, 0.4) is 0 Å². The summed E-state index contributed by atoms with van der Waals surface area (Å²) in [6.07, 6.45) is 3.05. The number of benzene rings is 1. The molecule has 0 unspecified atom stereocenters. The quantitative estimate of drug-likeness (QED) is 0.869. The highest BCUT2D eigenvalue weighted by atomic mass is 32.2. The van der Waals surface area contributed by atoms with E-state index >= 15 is 0 Å². The van der Waals surface area contributed by atoms with Crippen molar-refractivity contribution < 1.29 is 4.79 Å². The zero-order valence-corrected chi connectivity index (χ0v) is 12.0. The highest BCUT2D eigenvalue weighted by Crippen LogP contribution is 2.25. The Labute approximate surface area is 119 Å². The molecular formula is C15H22N2OS. The number of amides is 1. The molecule has 1 aliphatic heterocycles. The maximum atomic E-state index is 11.9. The molecule has 0 aromatic heterocycles. The largest absolute Gasteiger partial charge is 0.352 e. The van der Waals surface area contributed by atoms with E-state index in [0.717, 1.165) is 11.1 Å². The molecule has 1 heterocycles. The van der Waals surface area contributed by atoms with Crippen LogP contribution in [0.1, 0.15) is 30.4 Å². The lowest BCUT2D eigenvalue weighted by molar-refractivity contribution is -0.122. The lowest BCUT2D eigenvalue weighted by Crippen LogP contribution is -2.26. The van der Waals surface area contributed by atoms with Gasteiger partial charge in [0.1, 0.15) is 0 Å². The SMILES string of the molecule is NCc1ccc(CNC(=O)CC2CCSCC2)cc1. The third-order valence-corrected chi connectivity index (χ3v) is 4.61. The van der Waals surface area contributed by atoms with Crippen LogP contribution >= 0.6 is 11.8 Å². The fraction of sp³-hybridized carbons (Fsp3) is 0.533. The predicted octanol–water partition coefficient (Wildman–Crippen LogP) is 2.29. The van der Waals surface area contributed by atoms with Gasteiger partial charge in [0, 0.05) is 19.5 Å². The molecule has 1 amide bonds. The minimum atomic E-state index is 0.180.